The van der Waals surface area contributed by atoms with Gasteiger partial charge in [-0.25, -0.2) is 4.98 Å². The standard InChI is InChI=1S/C17H19IN2O/c1-11-5-4-6-12(9-11)10-14-19-16(13-7-2-3-8-13)15(18)17(21)20-14/h4-6,9,13H,2-3,7-8,10H2,1H3,(H,19,20,21). The van der Waals surface area contributed by atoms with Crippen LogP contribution in [0, 0.1) is 10.5 Å². The lowest BCUT2D eigenvalue weighted by Crippen LogP contribution is -2.19. The van der Waals surface area contributed by atoms with Gasteiger partial charge >= 0.3 is 0 Å². The van der Waals surface area contributed by atoms with Gasteiger partial charge in [-0.15, -0.1) is 0 Å². The molecular formula is C17H19IN2O. The van der Waals surface area contributed by atoms with Crippen LogP contribution >= 0.6 is 22.6 Å². The van der Waals surface area contributed by atoms with E-state index in [-0.39, 0.29) is 5.56 Å². The number of aromatic amines is 1. The molecule has 21 heavy (non-hydrogen) atoms. The van der Waals surface area contributed by atoms with Crippen molar-refractivity contribution >= 4 is 22.6 Å². The highest BCUT2D eigenvalue weighted by atomic mass is 127. The second-order valence-corrected chi connectivity index (χ2v) is 6.94. The topological polar surface area (TPSA) is 45.8 Å². The zero-order chi connectivity index (χ0) is 14.8. The molecule has 0 spiro atoms. The highest BCUT2D eigenvalue weighted by Gasteiger charge is 2.22. The second-order valence-electron chi connectivity index (χ2n) is 5.86. The Morgan fingerprint density at radius 1 is 1.33 bits per heavy atom. The van der Waals surface area contributed by atoms with E-state index in [0.29, 0.717) is 12.3 Å². The van der Waals surface area contributed by atoms with E-state index >= 15 is 0 Å². The molecule has 2 aromatic rings. The third-order valence-electron chi connectivity index (χ3n) is 4.13. The molecule has 0 aliphatic heterocycles. The molecule has 0 atom stereocenters. The van der Waals surface area contributed by atoms with Crippen LogP contribution in [0.3, 0.4) is 0 Å². The Kier molecular flexibility index (Phi) is 4.42. The fraction of sp³-hybridized carbons (Fsp3) is 0.412. The monoisotopic (exact) mass is 394 g/mol. The largest absolute Gasteiger partial charge is 0.309 e. The summed E-state index contributed by atoms with van der Waals surface area (Å²) in [4.78, 5) is 19.9. The van der Waals surface area contributed by atoms with Gasteiger partial charge in [0, 0.05) is 12.3 Å². The highest BCUT2D eigenvalue weighted by Crippen LogP contribution is 2.34. The van der Waals surface area contributed by atoms with E-state index in [1.165, 1.54) is 24.0 Å². The van der Waals surface area contributed by atoms with Crippen LogP contribution in [0.4, 0.5) is 0 Å². The summed E-state index contributed by atoms with van der Waals surface area (Å²) in [5.41, 5.74) is 3.45. The third-order valence-corrected chi connectivity index (χ3v) is 5.18. The molecule has 1 aromatic heterocycles. The van der Waals surface area contributed by atoms with Gasteiger partial charge in [0.25, 0.3) is 5.56 Å². The van der Waals surface area contributed by atoms with Crippen molar-refractivity contribution in [3.05, 3.63) is 60.8 Å². The molecule has 0 saturated heterocycles. The molecule has 1 heterocycles. The van der Waals surface area contributed by atoms with Crippen LogP contribution in [0.1, 0.15) is 54.2 Å². The number of hydrogen-bond acceptors (Lipinski definition) is 2. The van der Waals surface area contributed by atoms with Crippen molar-refractivity contribution in [2.45, 2.75) is 44.9 Å². The van der Waals surface area contributed by atoms with Crippen molar-refractivity contribution in [3.8, 4) is 0 Å². The number of rotatable bonds is 3. The van der Waals surface area contributed by atoms with Crippen molar-refractivity contribution < 1.29 is 0 Å². The quantitative estimate of drug-likeness (QED) is 0.802. The molecule has 1 fully saturated rings. The number of aromatic nitrogens is 2. The molecule has 0 radical (unpaired) electrons. The number of nitrogens with zero attached hydrogens (tertiary/aromatic N) is 1. The molecule has 1 N–H and O–H groups in total. The van der Waals surface area contributed by atoms with Gasteiger partial charge in [-0.05, 0) is 47.9 Å². The van der Waals surface area contributed by atoms with Crippen molar-refractivity contribution in [2.75, 3.05) is 0 Å². The Hall–Kier alpha value is -1.17. The smallest absolute Gasteiger partial charge is 0.264 e. The average Bonchev–Trinajstić information content (AvgIpc) is 2.96. The van der Waals surface area contributed by atoms with E-state index in [1.807, 2.05) is 6.07 Å². The molecule has 1 aliphatic carbocycles. The van der Waals surface area contributed by atoms with Crippen molar-refractivity contribution in [2.24, 2.45) is 0 Å². The van der Waals surface area contributed by atoms with Gasteiger partial charge in [0.2, 0.25) is 0 Å². The lowest BCUT2D eigenvalue weighted by Gasteiger charge is -2.12. The Morgan fingerprint density at radius 3 is 2.81 bits per heavy atom. The highest BCUT2D eigenvalue weighted by molar-refractivity contribution is 14.1. The first-order valence-electron chi connectivity index (χ1n) is 7.47. The molecule has 3 nitrogen and oxygen atoms in total. The molecule has 1 aromatic carbocycles. The predicted molar refractivity (Wildman–Crippen MR) is 92.8 cm³/mol. The minimum absolute atomic E-state index is 0.00940. The van der Waals surface area contributed by atoms with E-state index in [9.17, 15) is 4.79 Å². The molecule has 0 amide bonds. The lowest BCUT2D eigenvalue weighted by atomic mass is 10.0. The lowest BCUT2D eigenvalue weighted by molar-refractivity contribution is 0.677. The minimum atomic E-state index is 0.00940. The zero-order valence-corrected chi connectivity index (χ0v) is 14.3. The molecule has 1 saturated carbocycles. The van der Waals surface area contributed by atoms with E-state index < -0.39 is 0 Å². The van der Waals surface area contributed by atoms with Gasteiger partial charge in [-0.3, -0.25) is 4.79 Å². The maximum absolute atomic E-state index is 12.2. The van der Waals surface area contributed by atoms with Crippen LogP contribution in [0.2, 0.25) is 0 Å². The molecule has 4 heteroatoms. The van der Waals surface area contributed by atoms with Crippen LogP contribution in [-0.2, 0) is 6.42 Å². The Morgan fingerprint density at radius 2 is 2.10 bits per heavy atom. The molecule has 0 bridgehead atoms. The first kappa shape index (κ1) is 14.8. The van der Waals surface area contributed by atoms with Crippen LogP contribution in [0.15, 0.2) is 29.1 Å². The summed E-state index contributed by atoms with van der Waals surface area (Å²) in [6.07, 6.45) is 5.52. The van der Waals surface area contributed by atoms with E-state index in [0.717, 1.165) is 27.9 Å². The number of nitrogens with one attached hydrogen (secondary N) is 1. The molecule has 110 valence electrons. The number of hydrogen-bond donors (Lipinski definition) is 1. The fourth-order valence-electron chi connectivity index (χ4n) is 3.09. The van der Waals surface area contributed by atoms with Crippen LogP contribution in [-0.4, -0.2) is 9.97 Å². The molecule has 1 aliphatic rings. The molecule has 3 rings (SSSR count). The van der Waals surface area contributed by atoms with E-state index in [2.05, 4.69) is 52.7 Å². The summed E-state index contributed by atoms with van der Waals surface area (Å²) in [5, 5.41) is 0. The maximum atomic E-state index is 12.2. The second kappa shape index (κ2) is 6.30. The Bertz CT molecular complexity index is 702. The van der Waals surface area contributed by atoms with E-state index in [1.54, 1.807) is 0 Å². The van der Waals surface area contributed by atoms with Crippen molar-refractivity contribution in [3.63, 3.8) is 0 Å². The van der Waals surface area contributed by atoms with Gasteiger partial charge in [-0.1, -0.05) is 42.7 Å². The summed E-state index contributed by atoms with van der Waals surface area (Å²) in [6, 6.07) is 8.36. The Balaban J connectivity index is 1.94. The van der Waals surface area contributed by atoms with Crippen molar-refractivity contribution in [1.82, 2.24) is 9.97 Å². The normalized spacial score (nSPS) is 15.5. The van der Waals surface area contributed by atoms with Gasteiger partial charge in [-0.2, -0.15) is 0 Å². The first-order valence-corrected chi connectivity index (χ1v) is 8.55. The summed E-state index contributed by atoms with van der Waals surface area (Å²) in [6.45, 7) is 2.08. The first-order chi connectivity index (χ1) is 10.1. The number of aryl methyl sites for hydroxylation is 1. The zero-order valence-electron chi connectivity index (χ0n) is 12.2. The van der Waals surface area contributed by atoms with Gasteiger partial charge < -0.3 is 4.98 Å². The average molecular weight is 394 g/mol. The van der Waals surface area contributed by atoms with Gasteiger partial charge in [0.15, 0.2) is 0 Å². The third kappa shape index (κ3) is 3.36. The van der Waals surface area contributed by atoms with Crippen LogP contribution in [0.25, 0.3) is 0 Å². The minimum Gasteiger partial charge on any atom is -0.309 e. The SMILES string of the molecule is Cc1cccc(Cc2nc(C3CCCC3)c(I)c(=O)[nH]2)c1. The van der Waals surface area contributed by atoms with Crippen LogP contribution in [0.5, 0.6) is 0 Å². The Labute approximate surface area is 138 Å². The summed E-state index contributed by atoms with van der Waals surface area (Å²) in [7, 11) is 0. The number of H-pyrrole nitrogens is 1. The maximum Gasteiger partial charge on any atom is 0.264 e. The number of halogens is 1. The van der Waals surface area contributed by atoms with Crippen LogP contribution < -0.4 is 5.56 Å². The fourth-order valence-corrected chi connectivity index (χ4v) is 3.79. The van der Waals surface area contributed by atoms with Gasteiger partial charge in [0.1, 0.15) is 5.82 Å². The molecule has 0 unspecified atom stereocenters. The summed E-state index contributed by atoms with van der Waals surface area (Å²) in [5.74, 6) is 1.25. The van der Waals surface area contributed by atoms with Crippen molar-refractivity contribution in [1.29, 1.82) is 0 Å². The number of benzene rings is 1. The van der Waals surface area contributed by atoms with E-state index in [4.69, 9.17) is 4.98 Å². The predicted octanol–water partition coefficient (Wildman–Crippen LogP) is 3.93. The summed E-state index contributed by atoms with van der Waals surface area (Å²) >= 11 is 2.14. The van der Waals surface area contributed by atoms with Gasteiger partial charge in [0.05, 0.1) is 9.26 Å². The summed E-state index contributed by atoms with van der Waals surface area (Å²) < 4.78 is 0.771. The molecular weight excluding hydrogens is 375 g/mol.